The smallest absolute Gasteiger partial charge is 0.270 e. The number of rotatable bonds is 6. The van der Waals surface area contributed by atoms with E-state index in [1.807, 2.05) is 12.1 Å². The Kier molecular flexibility index (Phi) is 6.73. The molecule has 12 heteroatoms. The van der Waals surface area contributed by atoms with Gasteiger partial charge < -0.3 is 14.8 Å². The Bertz CT molecular complexity index is 1180. The predicted octanol–water partition coefficient (Wildman–Crippen LogP) is 2.74. The Labute approximate surface area is 195 Å². The van der Waals surface area contributed by atoms with E-state index in [1.165, 1.54) is 10.4 Å². The number of ether oxygens (including phenoxy) is 2. The fourth-order valence-corrected chi connectivity index (χ4v) is 5.80. The minimum absolute atomic E-state index is 0.0834. The van der Waals surface area contributed by atoms with Crippen molar-refractivity contribution in [1.82, 2.24) is 9.62 Å². The number of piperidine rings is 1. The van der Waals surface area contributed by atoms with Crippen molar-refractivity contribution in [2.75, 3.05) is 26.3 Å². The zero-order chi connectivity index (χ0) is 23.6. The Balaban J connectivity index is 1.35. The molecule has 33 heavy (non-hydrogen) atoms. The van der Waals surface area contributed by atoms with E-state index in [9.17, 15) is 23.3 Å². The van der Waals surface area contributed by atoms with Gasteiger partial charge in [-0.25, -0.2) is 8.42 Å². The first-order chi connectivity index (χ1) is 15.8. The molecule has 2 heterocycles. The van der Waals surface area contributed by atoms with E-state index in [2.05, 4.69) is 5.32 Å². The third-order valence-corrected chi connectivity index (χ3v) is 8.02. The van der Waals surface area contributed by atoms with E-state index in [4.69, 9.17) is 21.1 Å². The van der Waals surface area contributed by atoms with Gasteiger partial charge in [-0.15, -0.1) is 0 Å². The van der Waals surface area contributed by atoms with Crippen LogP contribution in [0.3, 0.4) is 0 Å². The Morgan fingerprint density at radius 3 is 2.52 bits per heavy atom. The average molecular weight is 496 g/mol. The molecule has 176 valence electrons. The molecule has 1 fully saturated rings. The highest BCUT2D eigenvalue weighted by molar-refractivity contribution is 7.89. The highest BCUT2D eigenvalue weighted by atomic mass is 35.5. The summed E-state index contributed by atoms with van der Waals surface area (Å²) in [5.41, 5.74) is 0.513. The van der Waals surface area contributed by atoms with Crippen LogP contribution >= 0.6 is 11.6 Å². The summed E-state index contributed by atoms with van der Waals surface area (Å²) in [7, 11) is -4.02. The highest BCUT2D eigenvalue weighted by Crippen LogP contribution is 2.32. The standard InChI is InChI=1S/C21H22ClN3O7S/c22-17-3-2-16(25(27)28)12-20(17)33(29,30)24-7-5-15(6-8-24)21(26)23-13-14-1-4-18-19(11-14)32-10-9-31-18/h1-4,11-12,15H,5-10,13H2,(H,23,26). The maximum Gasteiger partial charge on any atom is 0.270 e. The van der Waals surface area contributed by atoms with Crippen molar-refractivity contribution in [3.63, 3.8) is 0 Å². The van der Waals surface area contributed by atoms with Crippen LogP contribution in [0.1, 0.15) is 18.4 Å². The van der Waals surface area contributed by atoms with E-state index < -0.39 is 14.9 Å². The Morgan fingerprint density at radius 1 is 1.12 bits per heavy atom. The Morgan fingerprint density at radius 2 is 1.82 bits per heavy atom. The molecule has 2 aromatic rings. The second-order valence-electron chi connectivity index (χ2n) is 7.75. The van der Waals surface area contributed by atoms with E-state index in [1.54, 1.807) is 6.07 Å². The summed E-state index contributed by atoms with van der Waals surface area (Å²) in [5, 5.41) is 13.8. The van der Waals surface area contributed by atoms with E-state index in [0.717, 1.165) is 17.7 Å². The van der Waals surface area contributed by atoms with Gasteiger partial charge in [0, 0.05) is 37.7 Å². The molecular formula is C21H22ClN3O7S. The molecule has 0 radical (unpaired) electrons. The molecule has 0 aromatic heterocycles. The van der Waals surface area contributed by atoms with Gasteiger partial charge in [0.05, 0.1) is 9.95 Å². The fraction of sp³-hybridized carbons (Fsp3) is 0.381. The number of carbonyl (C=O) groups is 1. The third-order valence-electron chi connectivity index (χ3n) is 5.64. The molecule has 1 N–H and O–H groups in total. The largest absolute Gasteiger partial charge is 0.486 e. The van der Waals surface area contributed by atoms with Crippen LogP contribution in [0.15, 0.2) is 41.3 Å². The fourth-order valence-electron chi connectivity index (χ4n) is 3.83. The summed E-state index contributed by atoms with van der Waals surface area (Å²) >= 11 is 6.02. The van der Waals surface area contributed by atoms with Crippen LogP contribution in [0.5, 0.6) is 11.5 Å². The first-order valence-corrected chi connectivity index (χ1v) is 12.2. The number of nitrogens with one attached hydrogen (secondary N) is 1. The molecule has 2 aliphatic rings. The number of nitro benzene ring substituents is 1. The zero-order valence-corrected chi connectivity index (χ0v) is 19.1. The van der Waals surface area contributed by atoms with Gasteiger partial charge in [-0.2, -0.15) is 4.31 Å². The number of nitrogens with zero attached hydrogens (tertiary/aromatic N) is 2. The van der Waals surface area contributed by atoms with Crippen LogP contribution < -0.4 is 14.8 Å². The van der Waals surface area contributed by atoms with Crippen molar-refractivity contribution >= 4 is 33.2 Å². The van der Waals surface area contributed by atoms with Crippen LogP contribution in [-0.4, -0.2) is 49.9 Å². The summed E-state index contributed by atoms with van der Waals surface area (Å²) in [4.78, 5) is 22.7. The number of hydrogen-bond donors (Lipinski definition) is 1. The number of hydrogen-bond acceptors (Lipinski definition) is 7. The second-order valence-corrected chi connectivity index (χ2v) is 10.1. The monoisotopic (exact) mass is 495 g/mol. The quantitative estimate of drug-likeness (QED) is 0.482. The highest BCUT2D eigenvalue weighted by Gasteiger charge is 2.34. The molecule has 2 aliphatic heterocycles. The lowest BCUT2D eigenvalue weighted by atomic mass is 9.97. The maximum atomic E-state index is 13.0. The van der Waals surface area contributed by atoms with Gasteiger partial charge in [-0.05, 0) is 36.6 Å². The Hall–Kier alpha value is -2.89. The van der Waals surface area contributed by atoms with Crippen LogP contribution in [0.2, 0.25) is 5.02 Å². The van der Waals surface area contributed by atoms with Crippen molar-refractivity contribution in [3.05, 3.63) is 57.1 Å². The topological polar surface area (TPSA) is 128 Å². The normalized spacial score (nSPS) is 16.9. The van der Waals surface area contributed by atoms with E-state index >= 15 is 0 Å². The molecular weight excluding hydrogens is 474 g/mol. The van der Waals surface area contributed by atoms with Crippen LogP contribution in [-0.2, 0) is 21.4 Å². The van der Waals surface area contributed by atoms with Gasteiger partial charge >= 0.3 is 0 Å². The predicted molar refractivity (Wildman–Crippen MR) is 119 cm³/mol. The first-order valence-electron chi connectivity index (χ1n) is 10.4. The first kappa shape index (κ1) is 23.3. The second kappa shape index (κ2) is 9.54. The molecule has 0 atom stereocenters. The van der Waals surface area contributed by atoms with Gasteiger partial charge in [0.1, 0.15) is 18.1 Å². The molecule has 1 saturated heterocycles. The van der Waals surface area contributed by atoms with Crippen molar-refractivity contribution in [3.8, 4) is 11.5 Å². The van der Waals surface area contributed by atoms with Crippen LogP contribution in [0, 0.1) is 16.0 Å². The molecule has 0 saturated carbocycles. The number of nitro groups is 1. The molecule has 0 aliphatic carbocycles. The minimum atomic E-state index is -4.02. The van der Waals surface area contributed by atoms with Crippen molar-refractivity contribution in [2.24, 2.45) is 5.92 Å². The number of fused-ring (bicyclic) bond motifs is 1. The lowest BCUT2D eigenvalue weighted by Crippen LogP contribution is -2.42. The number of benzene rings is 2. The number of amides is 1. The van der Waals surface area contributed by atoms with Crippen LogP contribution in [0.4, 0.5) is 5.69 Å². The van der Waals surface area contributed by atoms with Crippen molar-refractivity contribution in [1.29, 1.82) is 0 Å². The summed E-state index contributed by atoms with van der Waals surface area (Å²) in [5.74, 6) is 0.824. The van der Waals surface area contributed by atoms with Gasteiger partial charge in [0.15, 0.2) is 11.5 Å². The van der Waals surface area contributed by atoms with Gasteiger partial charge in [0.2, 0.25) is 15.9 Å². The SMILES string of the molecule is O=C(NCc1ccc2c(c1)OCCO2)C1CCN(S(=O)(=O)c2cc([N+](=O)[O-])ccc2Cl)CC1. The van der Waals surface area contributed by atoms with Gasteiger partial charge in [0.25, 0.3) is 5.69 Å². The lowest BCUT2D eigenvalue weighted by Gasteiger charge is -2.30. The number of non-ortho nitro benzene ring substituents is 1. The molecule has 10 nitrogen and oxygen atoms in total. The van der Waals surface area contributed by atoms with Gasteiger partial charge in [-0.3, -0.25) is 14.9 Å². The zero-order valence-electron chi connectivity index (χ0n) is 17.5. The van der Waals surface area contributed by atoms with E-state index in [0.29, 0.717) is 44.1 Å². The number of carbonyl (C=O) groups excluding carboxylic acids is 1. The molecule has 4 rings (SSSR count). The van der Waals surface area contributed by atoms with Crippen molar-refractivity contribution in [2.45, 2.75) is 24.3 Å². The molecule has 0 bridgehead atoms. The third kappa shape index (κ3) is 5.05. The molecule has 1 amide bonds. The summed E-state index contributed by atoms with van der Waals surface area (Å²) < 4.78 is 38.2. The summed E-state index contributed by atoms with van der Waals surface area (Å²) in [6.45, 7) is 1.53. The van der Waals surface area contributed by atoms with Crippen LogP contribution in [0.25, 0.3) is 0 Å². The van der Waals surface area contributed by atoms with E-state index in [-0.39, 0.29) is 40.5 Å². The summed E-state index contributed by atoms with van der Waals surface area (Å²) in [6, 6.07) is 8.80. The van der Waals surface area contributed by atoms with Gasteiger partial charge in [-0.1, -0.05) is 17.7 Å². The summed E-state index contributed by atoms with van der Waals surface area (Å²) in [6.07, 6.45) is 0.664. The molecule has 0 spiro atoms. The van der Waals surface area contributed by atoms with Crippen molar-refractivity contribution < 1.29 is 27.6 Å². The number of sulfonamides is 1. The minimum Gasteiger partial charge on any atom is -0.486 e. The molecule has 0 unspecified atom stereocenters. The molecule has 2 aromatic carbocycles. The maximum absolute atomic E-state index is 13.0. The number of halogens is 1. The lowest BCUT2D eigenvalue weighted by molar-refractivity contribution is -0.385. The average Bonchev–Trinajstić information content (AvgIpc) is 2.82.